The van der Waals surface area contributed by atoms with Crippen molar-refractivity contribution in [2.45, 2.75) is 130 Å². The average molecular weight is 458 g/mol. The molecule has 0 radical (unpaired) electrons. The molecule has 2 unspecified atom stereocenters. The lowest BCUT2D eigenvalue weighted by Gasteiger charge is -2.59. The van der Waals surface area contributed by atoms with Crippen LogP contribution in [0, 0.1) is 40.4 Å². The van der Waals surface area contributed by atoms with E-state index in [2.05, 4.69) is 46.4 Å². The third-order valence-corrected chi connectivity index (χ3v) is 12.9. The van der Waals surface area contributed by atoms with Crippen molar-refractivity contribution in [2.75, 3.05) is 13.1 Å². The lowest BCUT2D eigenvalue weighted by molar-refractivity contribution is -0.102. The van der Waals surface area contributed by atoms with Crippen molar-refractivity contribution in [3.05, 3.63) is 11.1 Å². The van der Waals surface area contributed by atoms with E-state index in [4.69, 9.17) is 4.74 Å². The van der Waals surface area contributed by atoms with Crippen molar-refractivity contribution >= 4 is 0 Å². The first-order chi connectivity index (χ1) is 15.7. The van der Waals surface area contributed by atoms with Gasteiger partial charge in [-0.3, -0.25) is 4.90 Å². The predicted octanol–water partition coefficient (Wildman–Crippen LogP) is 8.12. The number of rotatable bonds is 1. The number of nitrogens with zero attached hydrogens (tertiary/aromatic N) is 1. The van der Waals surface area contributed by atoms with Gasteiger partial charge in [-0.2, -0.15) is 0 Å². The molecule has 33 heavy (non-hydrogen) atoms. The Hall–Kier alpha value is -0.340. The van der Waals surface area contributed by atoms with Gasteiger partial charge in [0.05, 0.1) is 11.7 Å². The number of fused-ring (bicyclic) bond motifs is 6. The van der Waals surface area contributed by atoms with Crippen molar-refractivity contribution < 1.29 is 7.59 Å². The molecule has 2 heterocycles. The molecule has 0 aromatic rings. The lowest BCUT2D eigenvalue weighted by atomic mass is 9.46. The summed E-state index contributed by atoms with van der Waals surface area (Å²) in [4.78, 5) is 2.77. The fraction of sp³-hybridized carbons (Fsp3) is 0.935. The molecule has 4 aliphatic carbocycles. The molecule has 1 spiro atoms. The van der Waals surface area contributed by atoms with E-state index in [1.807, 2.05) is 5.57 Å². The highest BCUT2D eigenvalue weighted by Gasteiger charge is 2.62. The largest absolute Gasteiger partial charge is 0.369 e. The van der Waals surface area contributed by atoms with Crippen molar-refractivity contribution in [1.29, 1.82) is 0 Å². The Labute approximate surface area is 207 Å². The summed E-state index contributed by atoms with van der Waals surface area (Å²) in [7, 11) is 0. The smallest absolute Gasteiger partial charge is 0.0765 e. The van der Waals surface area contributed by atoms with Crippen molar-refractivity contribution in [1.82, 2.24) is 4.90 Å². The fourth-order valence-electron chi connectivity index (χ4n) is 10.9. The van der Waals surface area contributed by atoms with Crippen LogP contribution >= 0.6 is 0 Å². The Kier molecular flexibility index (Phi) is 5.48. The minimum absolute atomic E-state index is 0. The molecule has 0 amide bonds. The maximum atomic E-state index is 7.21. The number of hydrogen-bond donors (Lipinski definition) is 0. The minimum atomic E-state index is 0. The van der Waals surface area contributed by atoms with Gasteiger partial charge in [0.25, 0.3) is 0 Å². The summed E-state index contributed by atoms with van der Waals surface area (Å²) >= 11 is 0. The number of allylic oxidation sites excluding steroid dienone is 1. The molecule has 0 aromatic carbocycles. The van der Waals surface area contributed by atoms with Gasteiger partial charge < -0.3 is 4.74 Å². The highest BCUT2D eigenvalue weighted by atomic mass is 16.5. The van der Waals surface area contributed by atoms with E-state index in [0.29, 0.717) is 28.9 Å². The Morgan fingerprint density at radius 1 is 1.06 bits per heavy atom. The number of likely N-dealkylation sites (tertiary alicyclic amines) is 1. The molecule has 3 saturated carbocycles. The summed E-state index contributed by atoms with van der Waals surface area (Å²) in [6.07, 6.45) is 16.0. The maximum Gasteiger partial charge on any atom is 0.0765 e. The van der Waals surface area contributed by atoms with Crippen LogP contribution < -0.4 is 0 Å². The Morgan fingerprint density at radius 2 is 1.85 bits per heavy atom. The Morgan fingerprint density at radius 3 is 2.64 bits per heavy atom. The van der Waals surface area contributed by atoms with Crippen LogP contribution in [0.25, 0.3) is 0 Å². The molecule has 0 N–H and O–H groups in total. The molecule has 10 atom stereocenters. The summed E-state index contributed by atoms with van der Waals surface area (Å²) < 4.78 is 7.21. The second-order valence-electron chi connectivity index (χ2n) is 14.3. The van der Waals surface area contributed by atoms with Crippen LogP contribution in [0.4, 0.5) is 0 Å². The standard InChI is InChI=1S/C31H51NO.2H2/c1-7-32-19-20(2)16-27-28(32)22(4)31(33-27)15-11-23-24-10-14-29(5)12-8-9-13-30(29,6)26(24)17-25(23)21(3)18-31;;/h20,22-24,26-28H,7-19H2,1-6H3;2*1H/t20-,22+,23?,24-,26?,27+,28-,29-,30+,31-;;/m0../s1. The van der Waals surface area contributed by atoms with Gasteiger partial charge in [0.1, 0.15) is 0 Å². The first-order valence-corrected chi connectivity index (χ1v) is 14.8. The molecule has 2 saturated heterocycles. The fourth-order valence-corrected chi connectivity index (χ4v) is 10.9. The number of piperidine rings is 1. The monoisotopic (exact) mass is 457 g/mol. The maximum absolute atomic E-state index is 7.21. The molecule has 190 valence electrons. The third-order valence-electron chi connectivity index (χ3n) is 12.9. The first-order valence-electron chi connectivity index (χ1n) is 14.8. The number of hydrogen-bond acceptors (Lipinski definition) is 2. The summed E-state index contributed by atoms with van der Waals surface area (Å²) in [6.45, 7) is 17.7. The van der Waals surface area contributed by atoms with Crippen LogP contribution in [0.3, 0.4) is 0 Å². The van der Waals surface area contributed by atoms with E-state index in [-0.39, 0.29) is 8.45 Å². The zero-order valence-electron chi connectivity index (χ0n) is 22.6. The molecular formula is C31H55NO. The van der Waals surface area contributed by atoms with Crippen molar-refractivity contribution in [3.63, 3.8) is 0 Å². The first kappa shape index (κ1) is 23.1. The summed E-state index contributed by atoms with van der Waals surface area (Å²) in [6, 6.07) is 0.645. The minimum Gasteiger partial charge on any atom is -0.369 e. The zero-order valence-corrected chi connectivity index (χ0v) is 22.6. The second-order valence-corrected chi connectivity index (χ2v) is 14.3. The Bertz CT molecular complexity index is 829. The van der Waals surface area contributed by atoms with Crippen molar-refractivity contribution in [3.8, 4) is 0 Å². The van der Waals surface area contributed by atoms with Gasteiger partial charge in [-0.05, 0) is 106 Å². The molecule has 0 bridgehead atoms. The van der Waals surface area contributed by atoms with Gasteiger partial charge in [-0.25, -0.2) is 0 Å². The molecular weight excluding hydrogens is 402 g/mol. The van der Waals surface area contributed by atoms with Gasteiger partial charge in [-0.1, -0.05) is 58.6 Å². The van der Waals surface area contributed by atoms with Gasteiger partial charge in [0, 0.05) is 21.4 Å². The highest BCUT2D eigenvalue weighted by molar-refractivity contribution is 5.29. The number of ether oxygens (including phenoxy) is 1. The normalized spacial score (nSPS) is 54.5. The second kappa shape index (κ2) is 7.83. The van der Waals surface area contributed by atoms with Gasteiger partial charge in [0.2, 0.25) is 0 Å². The SMILES string of the molecule is CCN1C[C@@H](C)C[C@H]2O[C@]3(CCC4C(=C(C)C3)CC3[C@H]4CC[C@]4(C)CCCC[C@]34C)[C@H](C)[C@@H]21.[HH].[HH]. The van der Waals surface area contributed by atoms with Crippen LogP contribution in [0.15, 0.2) is 11.1 Å². The Balaban J connectivity index is 0.00000144. The molecule has 2 aliphatic heterocycles. The van der Waals surface area contributed by atoms with Crippen LogP contribution in [0.5, 0.6) is 0 Å². The predicted molar refractivity (Wildman–Crippen MR) is 141 cm³/mol. The van der Waals surface area contributed by atoms with Gasteiger partial charge >= 0.3 is 0 Å². The third kappa shape index (κ3) is 3.18. The topological polar surface area (TPSA) is 12.5 Å². The molecule has 6 aliphatic rings. The van der Waals surface area contributed by atoms with E-state index < -0.39 is 0 Å². The van der Waals surface area contributed by atoms with Gasteiger partial charge in [0.15, 0.2) is 0 Å². The summed E-state index contributed by atoms with van der Waals surface area (Å²) in [5.74, 6) is 4.18. The summed E-state index contributed by atoms with van der Waals surface area (Å²) in [5, 5.41) is 0. The van der Waals surface area contributed by atoms with Gasteiger partial charge in [-0.15, -0.1) is 0 Å². The lowest BCUT2D eigenvalue weighted by Crippen LogP contribution is -2.51. The molecule has 5 fully saturated rings. The summed E-state index contributed by atoms with van der Waals surface area (Å²) in [5.41, 5.74) is 4.93. The van der Waals surface area contributed by atoms with Crippen LogP contribution in [0.1, 0.15) is 115 Å². The highest BCUT2D eigenvalue weighted by Crippen LogP contribution is 2.69. The van der Waals surface area contributed by atoms with E-state index in [9.17, 15) is 0 Å². The van der Waals surface area contributed by atoms with E-state index in [1.54, 1.807) is 5.57 Å². The van der Waals surface area contributed by atoms with E-state index in [1.165, 1.54) is 83.7 Å². The molecule has 2 nitrogen and oxygen atoms in total. The van der Waals surface area contributed by atoms with E-state index >= 15 is 0 Å². The quantitative estimate of drug-likeness (QED) is 0.369. The molecule has 6 rings (SSSR count). The molecule has 0 aromatic heterocycles. The zero-order chi connectivity index (χ0) is 23.2. The molecule has 2 heteroatoms. The van der Waals surface area contributed by atoms with Crippen molar-refractivity contribution in [2.24, 2.45) is 40.4 Å². The number of likely N-dealkylation sites (N-methyl/N-ethyl adjacent to an activating group) is 1. The van der Waals surface area contributed by atoms with Crippen LogP contribution in [-0.4, -0.2) is 35.7 Å². The average Bonchev–Trinajstić information content (AvgIpc) is 3.24. The van der Waals surface area contributed by atoms with Crippen LogP contribution in [-0.2, 0) is 4.74 Å². The van der Waals surface area contributed by atoms with E-state index in [0.717, 1.165) is 23.7 Å². The van der Waals surface area contributed by atoms with Crippen LogP contribution in [0.2, 0.25) is 0 Å².